The van der Waals surface area contributed by atoms with Crippen molar-refractivity contribution in [2.24, 2.45) is 0 Å². The molecule has 0 radical (unpaired) electrons. The van der Waals surface area contributed by atoms with Crippen molar-refractivity contribution in [2.45, 2.75) is 169 Å². The minimum atomic E-state index is 0.393. The van der Waals surface area contributed by atoms with Gasteiger partial charge >= 0.3 is 473 Å². The van der Waals surface area contributed by atoms with E-state index in [4.69, 9.17) is 36.1 Å². The first-order chi connectivity index (χ1) is 53.1. The minimum Gasteiger partial charge on any atom is -0.172 e. The van der Waals surface area contributed by atoms with Crippen LogP contribution in [0.1, 0.15) is 163 Å². The van der Waals surface area contributed by atoms with Gasteiger partial charge in [0.05, 0.1) is 23.5 Å². The molecule has 6 aromatic carbocycles. The van der Waals surface area contributed by atoms with E-state index in [0.29, 0.717) is 57.8 Å². The zero-order chi connectivity index (χ0) is 73.8. The summed E-state index contributed by atoms with van der Waals surface area (Å²) in [6.07, 6.45) is 28.0. The van der Waals surface area contributed by atoms with Crippen LogP contribution in [0.5, 0.6) is 23.0 Å². The number of rotatable bonds is 37. The number of benzene rings is 6. The van der Waals surface area contributed by atoms with Gasteiger partial charge in [0.2, 0.25) is 0 Å². The van der Waals surface area contributed by atoms with E-state index in [2.05, 4.69) is 99.6 Å². The van der Waals surface area contributed by atoms with Crippen LogP contribution in [-0.4, -0.2) is 46.9 Å². The van der Waals surface area contributed by atoms with Crippen molar-refractivity contribution in [3.05, 3.63) is 130 Å². The second kappa shape index (κ2) is 34.2. The van der Waals surface area contributed by atoms with E-state index in [-0.39, 0.29) is 0 Å². The van der Waals surface area contributed by atoms with Crippen LogP contribution >= 0.6 is 114 Å². The average Bonchev–Trinajstić information content (AvgIpc) is 1.57. The predicted molar refractivity (Wildman–Crippen MR) is 463 cm³/mol. The van der Waals surface area contributed by atoms with Crippen LogP contribution in [0.2, 0.25) is 0 Å². The van der Waals surface area contributed by atoms with E-state index in [9.17, 15) is 18.8 Å². The fourth-order valence-electron chi connectivity index (χ4n) is 15.4. The number of hydrogen-bond acceptors (Lipinski definition) is 22. The quantitative estimate of drug-likeness (QED) is 0.0269. The minimum absolute atomic E-state index is 0.393. The number of aryl methyl sites for hydroxylation is 4. The third kappa shape index (κ3) is 15.3. The number of fused-ring (bicyclic) bond motifs is 12. The van der Waals surface area contributed by atoms with Crippen LogP contribution in [-0.2, 0) is 31.7 Å². The molecule has 0 aliphatic heterocycles. The number of hydrogen-bond donors (Lipinski definition) is 0. The molecule has 0 spiro atoms. The summed E-state index contributed by atoms with van der Waals surface area (Å²) in [5.74, 6) is 1.60. The summed E-state index contributed by atoms with van der Waals surface area (Å²) in [7, 11) is 1.85. The van der Waals surface area contributed by atoms with Crippen molar-refractivity contribution in [3.63, 3.8) is 0 Å². The molecule has 0 saturated heterocycles. The van der Waals surface area contributed by atoms with Gasteiger partial charge in [-0.05, 0) is 31.4 Å². The van der Waals surface area contributed by atoms with Gasteiger partial charge in [-0.15, -0.1) is 11.3 Å². The maximum atomic E-state index is 12.7. The first-order valence-corrected chi connectivity index (χ1v) is 45.4. The van der Waals surface area contributed by atoms with E-state index in [1.165, 1.54) is 171 Å². The molecule has 0 amide bonds. The summed E-state index contributed by atoms with van der Waals surface area (Å²) in [4.78, 5) is 13.3. The third-order valence-electron chi connectivity index (χ3n) is 20.7. The molecule has 0 aliphatic carbocycles. The van der Waals surface area contributed by atoms with Crippen LogP contribution in [0.3, 0.4) is 0 Å². The Hall–Kier alpha value is -7.22. The van der Waals surface area contributed by atoms with Crippen molar-refractivity contribution in [3.8, 4) is 94.0 Å². The second-order valence-corrected chi connectivity index (χ2v) is 37.8. The molecule has 16 rings (SSSR count). The summed E-state index contributed by atoms with van der Waals surface area (Å²) in [5.41, 5.74) is 10.4. The second-order valence-electron chi connectivity index (χ2n) is 27.8. The summed E-state index contributed by atoms with van der Waals surface area (Å²) in [6, 6.07) is 38.3. The molecule has 26 heteroatoms. The van der Waals surface area contributed by atoms with Crippen LogP contribution < -0.4 is 18.6 Å². The summed E-state index contributed by atoms with van der Waals surface area (Å²) < 4.78 is 96.0. The Morgan fingerprint density at radius 3 is 1.06 bits per heavy atom. The summed E-state index contributed by atoms with van der Waals surface area (Å²) in [6.45, 7) is 8.86. The van der Waals surface area contributed by atoms with Gasteiger partial charge in [-0.2, -0.15) is 4.37 Å². The Kier molecular flexibility index (Phi) is 23.7. The smallest absolute Gasteiger partial charge is 0.172 e. The molecule has 542 valence electrons. The van der Waals surface area contributed by atoms with Gasteiger partial charge in [-0.3, -0.25) is 0 Å². The fourth-order valence-corrected chi connectivity index (χ4v) is 25.8. The monoisotopic (exact) mass is 1610 g/mol. The Balaban J connectivity index is 0.695. The van der Waals surface area contributed by atoms with E-state index in [0.717, 1.165) is 164 Å². The van der Waals surface area contributed by atoms with Gasteiger partial charge in [-0.1, -0.05) is 117 Å². The predicted octanol–water partition coefficient (Wildman–Crippen LogP) is 27.7. The Morgan fingerprint density at radius 1 is 0.306 bits per heavy atom. The average molecular weight is 1610 g/mol. The van der Waals surface area contributed by atoms with Crippen molar-refractivity contribution >= 4 is 228 Å². The molecule has 16 aromatic rings. The fraction of sp³-hybridized carbons (Fsp3) is 0.317. The molecular formula is C82H74B4N4O8S10. The SMILES string of the molecule is CCCCCCCCCCCCc1cc(-c2ccc(-c3cc(CCCCCCCCCCCC)c(-c4cc5cc(OB=O)c6c7sc(-c8ccc(-c9ccc(-c%10ccc(-c%11cc%12cc(OB=O)c%13c%14sc(C)cc%14cc(OB=O)c%13c%12s%11)s%10)c%10nsnc9%10)s8)cc7cc(OB=O)c6c5s4)s3)c3nsnc23)sc1C. The topological polar surface area (TPSA) is 157 Å². The van der Waals surface area contributed by atoms with Gasteiger partial charge in [-0.25, -0.2) is 0 Å². The first kappa shape index (κ1) is 74.9. The molecule has 10 aromatic heterocycles. The molecule has 0 saturated carbocycles. The number of unbranched alkanes of at least 4 members (excludes halogenated alkanes) is 18. The molecule has 12 nitrogen and oxygen atoms in total. The summed E-state index contributed by atoms with van der Waals surface area (Å²) >= 11 is 16.0. The standard InChI is InChI=1S/C82H74B4N4O8S10/c1-5-7-9-11-13-15-17-19-21-23-25-47-40-65(100-46(47)4)55-29-30-56(77-76(55)89-108-90-77)66-41-48(26-24-22-20-18-16-14-12-10-8-6-2)78(103-66)69-44-52-39-60(98-86-94)72-73(82(52)106-69)59(97-85-93)38-51-43-68(105-81(51)72)64-34-32-62(102-64)54-28-27-53(74-75(54)88-107-87-74)61-31-33-63(101-61)67-42-50-37-58(96-84-92)70-71(80(50)104-67)57(95-83-91)36-49-35-45(3)99-79(49)70/h27-44H,5-26H2,1-4H3. The van der Waals surface area contributed by atoms with Crippen LogP contribution in [0.25, 0.3) is 155 Å². The van der Waals surface area contributed by atoms with Crippen molar-refractivity contribution in [2.75, 3.05) is 0 Å². The molecular weight excluding hydrogens is 1530 g/mol. The molecule has 0 fully saturated rings. The third-order valence-corrected chi connectivity index (χ3v) is 31.4. The van der Waals surface area contributed by atoms with Gasteiger partial charge < -0.3 is 0 Å². The molecule has 0 atom stereocenters. The Bertz CT molecular complexity index is 6010. The number of nitrogens with zero attached hydrogens (tertiary/aromatic N) is 4. The van der Waals surface area contributed by atoms with Gasteiger partial charge in [0.15, 0.2) is 0 Å². The zero-order valence-electron chi connectivity index (χ0n) is 60.4. The van der Waals surface area contributed by atoms with Crippen LogP contribution in [0, 0.1) is 13.8 Å². The van der Waals surface area contributed by atoms with Crippen molar-refractivity contribution in [1.82, 2.24) is 17.5 Å². The molecule has 10 heterocycles. The van der Waals surface area contributed by atoms with E-state index in [1.807, 2.05) is 48.6 Å². The van der Waals surface area contributed by atoms with E-state index in [1.54, 1.807) is 79.4 Å². The van der Waals surface area contributed by atoms with Crippen LogP contribution in [0.15, 0.2) is 109 Å². The van der Waals surface area contributed by atoms with Crippen molar-refractivity contribution in [1.29, 1.82) is 0 Å². The van der Waals surface area contributed by atoms with E-state index >= 15 is 0 Å². The number of thiophene rings is 8. The Morgan fingerprint density at radius 2 is 0.639 bits per heavy atom. The normalized spacial score (nSPS) is 11.8. The molecule has 0 aliphatic rings. The van der Waals surface area contributed by atoms with E-state index < -0.39 is 0 Å². The van der Waals surface area contributed by atoms with Crippen LogP contribution in [0.4, 0.5) is 0 Å². The Labute approximate surface area is 669 Å². The van der Waals surface area contributed by atoms with Gasteiger partial charge in [0.1, 0.15) is 0 Å². The molecule has 0 bridgehead atoms. The van der Waals surface area contributed by atoms with Crippen molar-refractivity contribution < 1.29 is 37.4 Å². The number of aromatic nitrogens is 4. The zero-order valence-corrected chi connectivity index (χ0v) is 68.6. The molecule has 0 unspecified atom stereocenters. The van der Waals surface area contributed by atoms with Gasteiger partial charge in [0, 0.05) is 15.3 Å². The molecule has 0 N–H and O–H groups in total. The maximum absolute atomic E-state index is 12.7. The van der Waals surface area contributed by atoms with Gasteiger partial charge in [0.25, 0.3) is 0 Å². The summed E-state index contributed by atoms with van der Waals surface area (Å²) in [5, 5.41) is 6.40. The first-order valence-electron chi connectivity index (χ1n) is 37.4. The molecule has 108 heavy (non-hydrogen) atoms.